The van der Waals surface area contributed by atoms with Crippen molar-refractivity contribution in [1.82, 2.24) is 5.32 Å². The monoisotopic (exact) mass is 301 g/mol. The van der Waals surface area contributed by atoms with Crippen molar-refractivity contribution in [2.45, 2.75) is 45.6 Å². The molecule has 1 aromatic rings. The molecular weight excluding hydrogens is 277 g/mol. The van der Waals surface area contributed by atoms with Crippen molar-refractivity contribution in [3.63, 3.8) is 0 Å². The van der Waals surface area contributed by atoms with E-state index in [0.717, 1.165) is 51.0 Å². The summed E-state index contributed by atoms with van der Waals surface area (Å²) in [6, 6.07) is 5.33. The second kappa shape index (κ2) is 10.1. The number of hydrogen-bond donors (Lipinski definition) is 1. The Morgan fingerprint density at radius 3 is 2.85 bits per heavy atom. The van der Waals surface area contributed by atoms with Crippen LogP contribution in [-0.2, 0) is 11.2 Å². The molecule has 0 amide bonds. The molecule has 0 fully saturated rings. The quantitative estimate of drug-likeness (QED) is 0.654. The molecule has 4 heteroatoms. The van der Waals surface area contributed by atoms with Gasteiger partial charge >= 0.3 is 0 Å². The molecule has 114 valence electrons. The molecule has 0 aromatic heterocycles. The van der Waals surface area contributed by atoms with Gasteiger partial charge in [-0.2, -0.15) is 0 Å². The largest absolute Gasteiger partial charge is 0.382 e. The highest BCUT2D eigenvalue weighted by Crippen LogP contribution is 2.21. The molecule has 0 saturated heterocycles. The summed E-state index contributed by atoms with van der Waals surface area (Å²) < 4.78 is 18.8. The maximum absolute atomic E-state index is 13.5. The minimum absolute atomic E-state index is 0.251. The van der Waals surface area contributed by atoms with Gasteiger partial charge in [0.05, 0.1) is 5.02 Å². The van der Waals surface area contributed by atoms with E-state index in [-0.39, 0.29) is 10.8 Å². The summed E-state index contributed by atoms with van der Waals surface area (Å²) >= 11 is 6.03. The lowest BCUT2D eigenvalue weighted by Gasteiger charge is -2.19. The smallest absolute Gasteiger partial charge is 0.142 e. The molecule has 0 radical (unpaired) electrons. The Hall–Kier alpha value is -0.640. The molecule has 1 unspecified atom stereocenters. The molecular formula is C16H25ClFNO. The summed E-state index contributed by atoms with van der Waals surface area (Å²) in [5.41, 5.74) is 0.872. The van der Waals surface area contributed by atoms with Crippen LogP contribution in [0.2, 0.25) is 5.02 Å². The second-order valence-corrected chi connectivity index (χ2v) is 5.29. The van der Waals surface area contributed by atoms with E-state index in [4.69, 9.17) is 16.3 Å². The first-order valence-electron chi connectivity index (χ1n) is 7.43. The van der Waals surface area contributed by atoms with Gasteiger partial charge in [0.2, 0.25) is 0 Å². The molecule has 0 aliphatic carbocycles. The third kappa shape index (κ3) is 6.21. The van der Waals surface area contributed by atoms with Crippen LogP contribution in [0.4, 0.5) is 4.39 Å². The van der Waals surface area contributed by atoms with Gasteiger partial charge in [0, 0.05) is 19.3 Å². The van der Waals surface area contributed by atoms with Crippen LogP contribution in [0.25, 0.3) is 0 Å². The topological polar surface area (TPSA) is 21.3 Å². The van der Waals surface area contributed by atoms with Gasteiger partial charge in [-0.3, -0.25) is 0 Å². The minimum Gasteiger partial charge on any atom is -0.382 e. The van der Waals surface area contributed by atoms with Crippen LogP contribution < -0.4 is 5.32 Å². The van der Waals surface area contributed by atoms with E-state index in [1.54, 1.807) is 6.07 Å². The molecule has 1 N–H and O–H groups in total. The average Bonchev–Trinajstić information content (AvgIpc) is 2.45. The van der Waals surface area contributed by atoms with E-state index in [1.165, 1.54) is 6.07 Å². The summed E-state index contributed by atoms with van der Waals surface area (Å²) in [4.78, 5) is 0. The lowest BCUT2D eigenvalue weighted by molar-refractivity contribution is 0.140. The third-order valence-electron chi connectivity index (χ3n) is 3.23. The van der Waals surface area contributed by atoms with Crippen molar-refractivity contribution in [1.29, 1.82) is 0 Å². The summed E-state index contributed by atoms with van der Waals surface area (Å²) in [6.45, 7) is 6.63. The predicted octanol–water partition coefficient (Wildman–Crippen LogP) is 4.21. The number of ether oxygens (including phenoxy) is 1. The van der Waals surface area contributed by atoms with Crippen LogP contribution >= 0.6 is 11.6 Å². The summed E-state index contributed by atoms with van der Waals surface area (Å²) in [5.74, 6) is -0.340. The molecule has 0 saturated carbocycles. The van der Waals surface area contributed by atoms with E-state index in [2.05, 4.69) is 12.2 Å². The van der Waals surface area contributed by atoms with Crippen molar-refractivity contribution in [2.24, 2.45) is 0 Å². The first-order chi connectivity index (χ1) is 9.69. The highest BCUT2D eigenvalue weighted by atomic mass is 35.5. The Morgan fingerprint density at radius 1 is 1.35 bits per heavy atom. The fourth-order valence-corrected chi connectivity index (χ4v) is 2.38. The van der Waals surface area contributed by atoms with Gasteiger partial charge in [0.15, 0.2) is 0 Å². The van der Waals surface area contributed by atoms with E-state index >= 15 is 0 Å². The highest BCUT2D eigenvalue weighted by molar-refractivity contribution is 6.31. The van der Waals surface area contributed by atoms with Gasteiger partial charge in [-0.05, 0) is 50.8 Å². The third-order valence-corrected chi connectivity index (χ3v) is 3.65. The van der Waals surface area contributed by atoms with E-state index in [9.17, 15) is 4.39 Å². The van der Waals surface area contributed by atoms with Crippen molar-refractivity contribution in [3.05, 3.63) is 34.6 Å². The summed E-state index contributed by atoms with van der Waals surface area (Å²) in [6.07, 6.45) is 3.84. The summed E-state index contributed by atoms with van der Waals surface area (Å²) in [5, 5.41) is 3.76. The molecule has 1 aromatic carbocycles. The van der Waals surface area contributed by atoms with E-state index < -0.39 is 0 Å². The Morgan fingerprint density at radius 2 is 2.15 bits per heavy atom. The average molecular weight is 302 g/mol. The molecule has 1 rings (SSSR count). The molecule has 0 bridgehead atoms. The first-order valence-corrected chi connectivity index (χ1v) is 7.80. The van der Waals surface area contributed by atoms with Crippen molar-refractivity contribution < 1.29 is 9.13 Å². The number of rotatable bonds is 10. The Kier molecular flexibility index (Phi) is 8.83. The van der Waals surface area contributed by atoms with Crippen LogP contribution in [0.5, 0.6) is 0 Å². The zero-order valence-corrected chi connectivity index (χ0v) is 13.2. The highest BCUT2D eigenvalue weighted by Gasteiger charge is 2.13. The Balaban J connectivity index is 2.56. The zero-order valence-electron chi connectivity index (χ0n) is 12.4. The fourth-order valence-electron chi connectivity index (χ4n) is 2.17. The number of halogens is 2. The van der Waals surface area contributed by atoms with E-state index in [1.807, 2.05) is 13.0 Å². The van der Waals surface area contributed by atoms with Crippen LogP contribution in [-0.4, -0.2) is 25.8 Å². The fraction of sp³-hybridized carbons (Fsp3) is 0.625. The molecule has 1 atom stereocenters. The molecule has 20 heavy (non-hydrogen) atoms. The Labute approximate surface area is 126 Å². The molecule has 0 aliphatic rings. The lowest BCUT2D eigenvalue weighted by Crippen LogP contribution is -2.32. The van der Waals surface area contributed by atoms with Gasteiger partial charge < -0.3 is 10.1 Å². The summed E-state index contributed by atoms with van der Waals surface area (Å²) in [7, 11) is 0. The van der Waals surface area contributed by atoms with Gasteiger partial charge in [-0.25, -0.2) is 4.39 Å². The zero-order chi connectivity index (χ0) is 14.8. The van der Waals surface area contributed by atoms with Gasteiger partial charge in [-0.1, -0.05) is 30.7 Å². The maximum Gasteiger partial charge on any atom is 0.142 e. The van der Waals surface area contributed by atoms with Crippen molar-refractivity contribution >= 4 is 11.6 Å². The normalized spacial score (nSPS) is 12.6. The SMILES string of the molecule is CCCNC(CCCOCC)Cc1cccc(F)c1Cl. The van der Waals surface area contributed by atoms with E-state index in [0.29, 0.717) is 6.04 Å². The predicted molar refractivity (Wildman–Crippen MR) is 82.9 cm³/mol. The van der Waals surface area contributed by atoms with Crippen LogP contribution in [0.1, 0.15) is 38.7 Å². The minimum atomic E-state index is -0.340. The Bertz CT molecular complexity index is 387. The lowest BCUT2D eigenvalue weighted by atomic mass is 10.0. The van der Waals surface area contributed by atoms with Gasteiger partial charge in [0.1, 0.15) is 5.82 Å². The van der Waals surface area contributed by atoms with Crippen molar-refractivity contribution in [2.75, 3.05) is 19.8 Å². The molecule has 0 aliphatic heterocycles. The first kappa shape index (κ1) is 17.4. The molecule has 2 nitrogen and oxygen atoms in total. The van der Waals surface area contributed by atoms with Gasteiger partial charge in [-0.15, -0.1) is 0 Å². The maximum atomic E-state index is 13.5. The second-order valence-electron chi connectivity index (χ2n) is 4.91. The van der Waals surface area contributed by atoms with Crippen LogP contribution in [0.3, 0.4) is 0 Å². The van der Waals surface area contributed by atoms with Crippen LogP contribution in [0.15, 0.2) is 18.2 Å². The van der Waals surface area contributed by atoms with Crippen LogP contribution in [0, 0.1) is 5.82 Å². The number of benzene rings is 1. The molecule has 0 spiro atoms. The molecule has 0 heterocycles. The van der Waals surface area contributed by atoms with Crippen molar-refractivity contribution in [3.8, 4) is 0 Å². The van der Waals surface area contributed by atoms with Gasteiger partial charge in [0.25, 0.3) is 0 Å². The number of nitrogens with one attached hydrogen (secondary N) is 1. The number of hydrogen-bond acceptors (Lipinski definition) is 2. The standard InChI is InChI=1S/C16H25ClFNO/c1-3-10-19-14(8-6-11-20-4-2)12-13-7-5-9-15(18)16(13)17/h5,7,9,14,19H,3-4,6,8,10-12H2,1-2H3.